The summed E-state index contributed by atoms with van der Waals surface area (Å²) in [5, 5.41) is 1.39. The van der Waals surface area contributed by atoms with E-state index < -0.39 is 29.1 Å². The van der Waals surface area contributed by atoms with Gasteiger partial charge in [-0.1, -0.05) is 24.3 Å². The number of esters is 1. The Kier molecular flexibility index (Phi) is 4.86. The summed E-state index contributed by atoms with van der Waals surface area (Å²) in [7, 11) is -3.82. The van der Waals surface area contributed by atoms with E-state index in [0.29, 0.717) is 24.2 Å². The van der Waals surface area contributed by atoms with Crippen LogP contribution in [0.25, 0.3) is 10.8 Å². The molecule has 0 fully saturated rings. The molecule has 1 aliphatic rings. The molecule has 0 radical (unpaired) electrons. The van der Waals surface area contributed by atoms with Crippen molar-refractivity contribution in [2.24, 2.45) is 0 Å². The molecule has 0 atom stereocenters. The van der Waals surface area contributed by atoms with Crippen molar-refractivity contribution in [3.8, 4) is 0 Å². The van der Waals surface area contributed by atoms with E-state index in [4.69, 9.17) is 4.74 Å². The minimum absolute atomic E-state index is 0.178. The highest BCUT2D eigenvalue weighted by atomic mass is 32.2. The third-order valence-corrected chi connectivity index (χ3v) is 6.23. The van der Waals surface area contributed by atoms with Gasteiger partial charge >= 0.3 is 5.97 Å². The lowest BCUT2D eigenvalue weighted by Gasteiger charge is -2.20. The molecule has 0 saturated carbocycles. The smallest absolute Gasteiger partial charge is 0.327 e. The minimum Gasteiger partial charge on any atom is -0.454 e. The lowest BCUT2D eigenvalue weighted by Crippen LogP contribution is -2.37. The van der Waals surface area contributed by atoms with Crippen LogP contribution in [0.2, 0.25) is 0 Å². The zero-order valence-electron chi connectivity index (χ0n) is 14.6. The van der Waals surface area contributed by atoms with E-state index in [9.17, 15) is 18.0 Å². The minimum atomic E-state index is -3.82. The van der Waals surface area contributed by atoms with Crippen LogP contribution in [0.4, 0.5) is 5.69 Å². The van der Waals surface area contributed by atoms with Gasteiger partial charge in [0.15, 0.2) is 6.61 Å². The van der Waals surface area contributed by atoms with Crippen molar-refractivity contribution in [1.29, 1.82) is 0 Å². The summed E-state index contributed by atoms with van der Waals surface area (Å²) in [6, 6.07) is 10.2. The fourth-order valence-electron chi connectivity index (χ4n) is 3.10. The molecule has 0 aliphatic carbocycles. The van der Waals surface area contributed by atoms with Gasteiger partial charge in [0.05, 0.1) is 10.6 Å². The molecule has 26 heavy (non-hydrogen) atoms. The molecular formula is C18H20N2O5S. The van der Waals surface area contributed by atoms with Crippen molar-refractivity contribution in [2.45, 2.75) is 18.7 Å². The average Bonchev–Trinajstić information content (AvgIpc) is 2.84. The summed E-state index contributed by atoms with van der Waals surface area (Å²) in [4.78, 5) is 25.8. The van der Waals surface area contributed by atoms with Crippen molar-refractivity contribution in [1.82, 2.24) is 4.90 Å². The summed E-state index contributed by atoms with van der Waals surface area (Å²) < 4.78 is 31.6. The summed E-state index contributed by atoms with van der Waals surface area (Å²) in [5.41, 5.74) is 0.449. The molecular weight excluding hydrogens is 356 g/mol. The van der Waals surface area contributed by atoms with Crippen LogP contribution in [0, 0.1) is 0 Å². The molecule has 1 heterocycles. The Hall–Kier alpha value is -2.61. The normalized spacial score (nSPS) is 14.5. The van der Waals surface area contributed by atoms with E-state index in [1.807, 2.05) is 26.0 Å². The summed E-state index contributed by atoms with van der Waals surface area (Å²) in [5.74, 6) is -1.07. The predicted octanol–water partition coefficient (Wildman–Crippen LogP) is 1.76. The highest BCUT2D eigenvalue weighted by Crippen LogP contribution is 2.41. The van der Waals surface area contributed by atoms with E-state index in [0.717, 1.165) is 9.69 Å². The SMILES string of the molecule is CCN(CC)C(=O)COC(=O)CN1c2cccc3cccc(c23)S1(=O)=O. The number of likely N-dealkylation sites (N-methyl/N-ethyl adjacent to an activating group) is 1. The Balaban J connectivity index is 1.78. The van der Waals surface area contributed by atoms with Gasteiger partial charge < -0.3 is 9.64 Å². The molecule has 0 spiro atoms. The van der Waals surface area contributed by atoms with Crippen LogP contribution in [-0.2, 0) is 24.3 Å². The van der Waals surface area contributed by atoms with E-state index in [2.05, 4.69) is 0 Å². The number of hydrogen-bond acceptors (Lipinski definition) is 5. The maximum absolute atomic E-state index is 12.8. The third-order valence-electron chi connectivity index (χ3n) is 4.43. The Morgan fingerprint density at radius 3 is 2.38 bits per heavy atom. The Morgan fingerprint density at radius 1 is 1.08 bits per heavy atom. The number of hydrogen-bond donors (Lipinski definition) is 0. The third kappa shape index (κ3) is 3.01. The van der Waals surface area contributed by atoms with E-state index in [1.54, 1.807) is 18.2 Å². The first-order valence-corrected chi connectivity index (χ1v) is 9.82. The highest BCUT2D eigenvalue weighted by Gasteiger charge is 2.37. The summed E-state index contributed by atoms with van der Waals surface area (Å²) >= 11 is 0. The Bertz CT molecular complexity index is 961. The maximum Gasteiger partial charge on any atom is 0.327 e. The molecule has 0 unspecified atom stereocenters. The van der Waals surface area contributed by atoms with Gasteiger partial charge in [-0.05, 0) is 31.4 Å². The first-order chi connectivity index (χ1) is 12.4. The van der Waals surface area contributed by atoms with E-state index in [-0.39, 0.29) is 10.8 Å². The molecule has 0 N–H and O–H groups in total. The molecule has 1 amide bonds. The quantitative estimate of drug-likeness (QED) is 0.718. The van der Waals surface area contributed by atoms with Crippen molar-refractivity contribution in [2.75, 3.05) is 30.5 Å². The number of carbonyl (C=O) groups excluding carboxylic acids is 2. The summed E-state index contributed by atoms with van der Waals surface area (Å²) in [6.45, 7) is 3.83. The van der Waals surface area contributed by atoms with E-state index in [1.165, 1.54) is 11.0 Å². The molecule has 0 bridgehead atoms. The van der Waals surface area contributed by atoms with Crippen LogP contribution in [0.1, 0.15) is 13.8 Å². The summed E-state index contributed by atoms with van der Waals surface area (Å²) in [6.07, 6.45) is 0. The van der Waals surface area contributed by atoms with Crippen LogP contribution < -0.4 is 4.31 Å². The number of sulfonamides is 1. The second-order valence-electron chi connectivity index (χ2n) is 5.87. The number of amides is 1. The van der Waals surface area contributed by atoms with Gasteiger partial charge in [0.1, 0.15) is 6.54 Å². The number of rotatable bonds is 6. The zero-order chi connectivity index (χ0) is 18.9. The van der Waals surface area contributed by atoms with Gasteiger partial charge in [0, 0.05) is 18.5 Å². The molecule has 2 aromatic carbocycles. The second-order valence-corrected chi connectivity index (χ2v) is 7.70. The standard InChI is InChI=1S/C18H20N2O5S/c1-3-19(4-2)16(21)12-25-17(22)11-20-14-9-5-7-13-8-6-10-15(18(13)14)26(20,23)24/h5-10H,3-4,11-12H2,1-2H3. The first kappa shape index (κ1) is 18.2. The molecule has 2 aromatic rings. The van der Waals surface area contributed by atoms with Gasteiger partial charge in [-0.2, -0.15) is 0 Å². The number of nitrogens with zero attached hydrogens (tertiary/aromatic N) is 2. The zero-order valence-corrected chi connectivity index (χ0v) is 15.5. The van der Waals surface area contributed by atoms with Crippen LogP contribution in [0.3, 0.4) is 0 Å². The van der Waals surface area contributed by atoms with Gasteiger partial charge in [0.2, 0.25) is 0 Å². The molecule has 8 heteroatoms. The van der Waals surface area contributed by atoms with Crippen LogP contribution in [0.5, 0.6) is 0 Å². The topological polar surface area (TPSA) is 84.0 Å². The molecule has 7 nitrogen and oxygen atoms in total. The lowest BCUT2D eigenvalue weighted by atomic mass is 10.1. The number of carbonyl (C=O) groups is 2. The fraction of sp³-hybridized carbons (Fsp3) is 0.333. The number of benzene rings is 2. The monoisotopic (exact) mass is 376 g/mol. The van der Waals surface area contributed by atoms with Crippen molar-refractivity contribution in [3.05, 3.63) is 36.4 Å². The van der Waals surface area contributed by atoms with Crippen molar-refractivity contribution in [3.63, 3.8) is 0 Å². The predicted molar refractivity (Wildman–Crippen MR) is 97.4 cm³/mol. The second kappa shape index (κ2) is 6.95. The van der Waals surface area contributed by atoms with E-state index >= 15 is 0 Å². The van der Waals surface area contributed by atoms with Crippen LogP contribution in [0.15, 0.2) is 41.3 Å². The van der Waals surface area contributed by atoms with Gasteiger partial charge in [-0.15, -0.1) is 0 Å². The lowest BCUT2D eigenvalue weighted by molar-refractivity contribution is -0.150. The van der Waals surface area contributed by atoms with Crippen molar-refractivity contribution < 1.29 is 22.7 Å². The Labute approximate surface area is 152 Å². The van der Waals surface area contributed by atoms with Crippen molar-refractivity contribution >= 4 is 38.4 Å². The molecule has 138 valence electrons. The fourth-order valence-corrected chi connectivity index (χ4v) is 4.76. The first-order valence-electron chi connectivity index (χ1n) is 8.38. The highest BCUT2D eigenvalue weighted by molar-refractivity contribution is 7.93. The molecule has 0 aromatic heterocycles. The van der Waals surface area contributed by atoms with Gasteiger partial charge in [-0.25, -0.2) is 8.42 Å². The Morgan fingerprint density at radius 2 is 1.73 bits per heavy atom. The molecule has 0 saturated heterocycles. The number of ether oxygens (including phenoxy) is 1. The van der Waals surface area contributed by atoms with Gasteiger partial charge in [0.25, 0.3) is 15.9 Å². The van der Waals surface area contributed by atoms with Crippen LogP contribution >= 0.6 is 0 Å². The van der Waals surface area contributed by atoms with Gasteiger partial charge in [-0.3, -0.25) is 13.9 Å². The largest absolute Gasteiger partial charge is 0.454 e. The molecule has 3 rings (SSSR count). The molecule has 1 aliphatic heterocycles. The maximum atomic E-state index is 12.8. The number of anilines is 1. The van der Waals surface area contributed by atoms with Crippen LogP contribution in [-0.4, -0.2) is 51.4 Å². The average molecular weight is 376 g/mol.